The number of carbonyl (C=O) groups excluding carboxylic acids is 2. The second-order valence-corrected chi connectivity index (χ2v) is 5.58. The van der Waals surface area contributed by atoms with Crippen LogP contribution in [0.25, 0.3) is 0 Å². The van der Waals surface area contributed by atoms with Gasteiger partial charge in [-0.2, -0.15) is 5.10 Å². The maximum Gasteiger partial charge on any atom is 0.339 e. The van der Waals surface area contributed by atoms with Crippen molar-refractivity contribution in [1.82, 2.24) is 9.78 Å². The van der Waals surface area contributed by atoms with E-state index >= 15 is 0 Å². The number of nitrogens with zero attached hydrogens (tertiary/aromatic N) is 3. The van der Waals surface area contributed by atoms with Gasteiger partial charge in [0.25, 0.3) is 0 Å². The molecule has 0 aliphatic carbocycles. The monoisotopic (exact) mass is 366 g/mol. The number of nitro groups is 1. The zero-order chi connectivity index (χ0) is 18.7. The van der Waals surface area contributed by atoms with Gasteiger partial charge in [-0.1, -0.05) is 11.6 Å². The van der Waals surface area contributed by atoms with Gasteiger partial charge in [0, 0.05) is 5.69 Å². The number of hydrogen-bond acceptors (Lipinski definition) is 6. The second kappa shape index (κ2) is 7.31. The molecule has 0 saturated heterocycles. The molecule has 0 saturated carbocycles. The van der Waals surface area contributed by atoms with E-state index in [1.54, 1.807) is 0 Å². The molecule has 1 heterocycles. The van der Waals surface area contributed by atoms with Gasteiger partial charge in [-0.05, 0) is 32.0 Å². The number of hydrogen-bond donors (Lipinski definition) is 1. The van der Waals surface area contributed by atoms with E-state index in [1.807, 2.05) is 0 Å². The molecule has 1 aromatic carbocycles. The lowest BCUT2D eigenvalue weighted by atomic mass is 10.2. The summed E-state index contributed by atoms with van der Waals surface area (Å²) in [5.41, 5.74) is 0.848. The summed E-state index contributed by atoms with van der Waals surface area (Å²) in [4.78, 5) is 34.2. The van der Waals surface area contributed by atoms with E-state index in [0.29, 0.717) is 5.69 Å². The van der Waals surface area contributed by atoms with Crippen LogP contribution in [0.2, 0.25) is 5.02 Å². The fourth-order valence-electron chi connectivity index (χ4n) is 2.31. The molecule has 0 aliphatic heterocycles. The van der Waals surface area contributed by atoms with Gasteiger partial charge in [0.05, 0.1) is 22.6 Å². The summed E-state index contributed by atoms with van der Waals surface area (Å²) in [5, 5.41) is 17.8. The predicted molar refractivity (Wildman–Crippen MR) is 89.8 cm³/mol. The quantitative estimate of drug-likeness (QED) is 0.493. The maximum atomic E-state index is 12.2. The van der Waals surface area contributed by atoms with Gasteiger partial charge in [-0.3, -0.25) is 19.6 Å². The first kappa shape index (κ1) is 18.4. The van der Waals surface area contributed by atoms with Gasteiger partial charge in [0.1, 0.15) is 17.9 Å². The Morgan fingerprint density at radius 2 is 2.08 bits per heavy atom. The molecule has 0 fully saturated rings. The van der Waals surface area contributed by atoms with Gasteiger partial charge >= 0.3 is 11.7 Å². The Morgan fingerprint density at radius 1 is 1.40 bits per heavy atom. The van der Waals surface area contributed by atoms with Crippen molar-refractivity contribution in [2.24, 2.45) is 0 Å². The Balaban J connectivity index is 2.17. The van der Waals surface area contributed by atoms with Gasteiger partial charge in [0.15, 0.2) is 0 Å². The zero-order valence-electron chi connectivity index (χ0n) is 13.7. The average Bonchev–Trinajstić information content (AvgIpc) is 2.82. The highest BCUT2D eigenvalue weighted by atomic mass is 35.5. The van der Waals surface area contributed by atoms with Crippen molar-refractivity contribution < 1.29 is 19.2 Å². The normalized spacial score (nSPS) is 10.4. The molecule has 132 valence electrons. The average molecular weight is 367 g/mol. The predicted octanol–water partition coefficient (Wildman–Crippen LogP) is 2.49. The minimum atomic E-state index is -0.629. The first-order valence-corrected chi connectivity index (χ1v) is 7.48. The molecular weight excluding hydrogens is 352 g/mol. The van der Waals surface area contributed by atoms with Crippen LogP contribution >= 0.6 is 11.6 Å². The number of carbonyl (C=O) groups is 2. The first-order valence-electron chi connectivity index (χ1n) is 7.10. The molecule has 1 aromatic heterocycles. The molecule has 2 rings (SSSR count). The van der Waals surface area contributed by atoms with E-state index in [-0.39, 0.29) is 34.2 Å². The zero-order valence-corrected chi connectivity index (χ0v) is 14.5. The Bertz CT molecular complexity index is 862. The number of nitrogens with one attached hydrogen (secondary N) is 1. The lowest BCUT2D eigenvalue weighted by Crippen LogP contribution is -2.20. The van der Waals surface area contributed by atoms with E-state index in [2.05, 4.69) is 15.2 Å². The number of benzene rings is 1. The van der Waals surface area contributed by atoms with Crippen LogP contribution in [-0.2, 0) is 16.1 Å². The molecule has 0 radical (unpaired) electrons. The van der Waals surface area contributed by atoms with E-state index in [1.165, 1.54) is 43.8 Å². The fraction of sp³-hybridized carbons (Fsp3) is 0.267. The van der Waals surface area contributed by atoms with Crippen LogP contribution in [0.1, 0.15) is 21.7 Å². The number of rotatable bonds is 5. The third-order valence-electron chi connectivity index (χ3n) is 3.47. The summed E-state index contributed by atoms with van der Waals surface area (Å²) in [5.74, 6) is -1.09. The summed E-state index contributed by atoms with van der Waals surface area (Å²) < 4.78 is 5.86. The van der Waals surface area contributed by atoms with Crippen LogP contribution < -0.4 is 5.32 Å². The maximum absolute atomic E-state index is 12.2. The lowest BCUT2D eigenvalue weighted by molar-refractivity contribution is -0.386. The molecule has 0 spiro atoms. The van der Waals surface area contributed by atoms with Crippen molar-refractivity contribution in [2.45, 2.75) is 20.4 Å². The summed E-state index contributed by atoms with van der Waals surface area (Å²) in [6.07, 6.45) is 0. The molecule has 25 heavy (non-hydrogen) atoms. The molecule has 1 amide bonds. The van der Waals surface area contributed by atoms with Crippen molar-refractivity contribution in [3.05, 3.63) is 50.3 Å². The third kappa shape index (κ3) is 3.94. The van der Waals surface area contributed by atoms with Gasteiger partial charge in [0.2, 0.25) is 5.91 Å². The van der Waals surface area contributed by atoms with Crippen molar-refractivity contribution >= 4 is 34.9 Å². The van der Waals surface area contributed by atoms with Crippen LogP contribution in [0, 0.1) is 24.0 Å². The molecule has 0 aliphatic rings. The van der Waals surface area contributed by atoms with Crippen LogP contribution in [-0.4, -0.2) is 33.7 Å². The summed E-state index contributed by atoms with van der Waals surface area (Å²) >= 11 is 5.92. The number of anilines is 1. The molecule has 1 N–H and O–H groups in total. The Kier molecular flexibility index (Phi) is 5.38. The highest BCUT2D eigenvalue weighted by Gasteiger charge is 2.23. The molecule has 10 heteroatoms. The number of aryl methyl sites for hydroxylation is 1. The number of amides is 1. The van der Waals surface area contributed by atoms with Crippen LogP contribution in [0.4, 0.5) is 11.4 Å². The van der Waals surface area contributed by atoms with Gasteiger partial charge in [-0.15, -0.1) is 0 Å². The number of methoxy groups -OCH3 is 1. The number of halogens is 1. The Morgan fingerprint density at radius 3 is 2.64 bits per heavy atom. The van der Waals surface area contributed by atoms with E-state index in [9.17, 15) is 19.7 Å². The molecule has 2 aromatic rings. The SMILES string of the molecule is COC(=O)c1cc(NC(=O)Cn2nc(C)c([N+](=O)[O-])c2C)ccc1Cl. The van der Waals surface area contributed by atoms with E-state index in [0.717, 1.165) is 0 Å². The molecule has 0 unspecified atom stereocenters. The van der Waals surface area contributed by atoms with Crippen LogP contribution in [0.3, 0.4) is 0 Å². The molecule has 0 bridgehead atoms. The number of ether oxygens (including phenoxy) is 1. The Labute approximate surface area is 147 Å². The van der Waals surface area contributed by atoms with Crippen LogP contribution in [0.15, 0.2) is 18.2 Å². The van der Waals surface area contributed by atoms with Gasteiger partial charge < -0.3 is 10.1 Å². The van der Waals surface area contributed by atoms with Crippen molar-refractivity contribution in [3.63, 3.8) is 0 Å². The molecule has 0 atom stereocenters. The van der Waals surface area contributed by atoms with Gasteiger partial charge in [-0.25, -0.2) is 4.79 Å². The minimum Gasteiger partial charge on any atom is -0.465 e. The Hall–Kier alpha value is -2.94. The highest BCUT2D eigenvalue weighted by Crippen LogP contribution is 2.23. The summed E-state index contributed by atoms with van der Waals surface area (Å²) in [7, 11) is 1.22. The minimum absolute atomic E-state index is 0.115. The largest absolute Gasteiger partial charge is 0.465 e. The number of aromatic nitrogens is 2. The number of esters is 1. The van der Waals surface area contributed by atoms with E-state index < -0.39 is 16.8 Å². The van der Waals surface area contributed by atoms with Crippen molar-refractivity contribution in [2.75, 3.05) is 12.4 Å². The van der Waals surface area contributed by atoms with Crippen molar-refractivity contribution in [3.8, 4) is 0 Å². The highest BCUT2D eigenvalue weighted by molar-refractivity contribution is 6.33. The summed E-state index contributed by atoms with van der Waals surface area (Å²) in [6.45, 7) is 2.81. The molecular formula is C15H15ClN4O5. The van der Waals surface area contributed by atoms with E-state index in [4.69, 9.17) is 11.6 Å². The second-order valence-electron chi connectivity index (χ2n) is 5.17. The summed E-state index contributed by atoms with van der Waals surface area (Å²) in [6, 6.07) is 4.36. The van der Waals surface area contributed by atoms with Crippen molar-refractivity contribution in [1.29, 1.82) is 0 Å². The standard InChI is InChI=1S/C15H15ClN4O5/c1-8-14(20(23)24)9(2)19(18-8)7-13(21)17-10-4-5-12(16)11(6-10)15(22)25-3/h4-6H,7H2,1-3H3,(H,17,21). The smallest absolute Gasteiger partial charge is 0.339 e. The lowest BCUT2D eigenvalue weighted by Gasteiger charge is -2.09. The van der Waals surface area contributed by atoms with Crippen LogP contribution in [0.5, 0.6) is 0 Å². The first-order chi connectivity index (χ1) is 11.7. The topological polar surface area (TPSA) is 116 Å². The fourth-order valence-corrected chi connectivity index (χ4v) is 2.51. The molecule has 9 nitrogen and oxygen atoms in total. The third-order valence-corrected chi connectivity index (χ3v) is 3.80.